The molecular weight excluding hydrogens is 326 g/mol. The second-order valence-corrected chi connectivity index (χ2v) is 6.17. The summed E-state index contributed by atoms with van der Waals surface area (Å²) in [7, 11) is 0. The van der Waals surface area contributed by atoms with Gasteiger partial charge in [-0.2, -0.15) is 0 Å². The van der Waals surface area contributed by atoms with Crippen molar-refractivity contribution < 1.29 is 9.53 Å². The second-order valence-electron chi connectivity index (χ2n) is 6.17. The van der Waals surface area contributed by atoms with Crippen LogP contribution in [-0.2, 0) is 13.0 Å². The maximum absolute atomic E-state index is 12.6. The summed E-state index contributed by atoms with van der Waals surface area (Å²) in [6.45, 7) is 1.34. The fourth-order valence-electron chi connectivity index (χ4n) is 3.02. The van der Waals surface area contributed by atoms with Crippen LogP contribution in [0.25, 0.3) is 0 Å². The van der Waals surface area contributed by atoms with Crippen molar-refractivity contribution in [3.63, 3.8) is 0 Å². The SMILES string of the molecule is O=C(Nc1ccnc(Oc2ccccc2)c1)N1CCc2ccccc2C1. The third-order valence-electron chi connectivity index (χ3n) is 4.37. The molecule has 0 spiro atoms. The quantitative estimate of drug-likeness (QED) is 0.762. The van der Waals surface area contributed by atoms with Crippen LogP contribution in [0.2, 0.25) is 0 Å². The van der Waals surface area contributed by atoms with Gasteiger partial charge in [0.25, 0.3) is 0 Å². The summed E-state index contributed by atoms with van der Waals surface area (Å²) in [5.41, 5.74) is 3.19. The van der Waals surface area contributed by atoms with Gasteiger partial charge < -0.3 is 15.0 Å². The Labute approximate surface area is 152 Å². The molecular formula is C21H19N3O2. The lowest BCUT2D eigenvalue weighted by Gasteiger charge is -2.29. The molecule has 5 heteroatoms. The first-order chi connectivity index (χ1) is 12.8. The first-order valence-electron chi connectivity index (χ1n) is 8.59. The number of urea groups is 1. The Kier molecular flexibility index (Phi) is 4.51. The summed E-state index contributed by atoms with van der Waals surface area (Å²) >= 11 is 0. The van der Waals surface area contributed by atoms with Crippen molar-refractivity contribution >= 4 is 11.7 Å². The molecule has 5 nitrogen and oxygen atoms in total. The molecule has 1 aliphatic heterocycles. The first-order valence-corrected chi connectivity index (χ1v) is 8.59. The monoisotopic (exact) mass is 345 g/mol. The molecule has 0 atom stereocenters. The van der Waals surface area contributed by atoms with Crippen molar-refractivity contribution in [1.29, 1.82) is 0 Å². The molecule has 0 saturated carbocycles. The van der Waals surface area contributed by atoms with Crippen LogP contribution >= 0.6 is 0 Å². The zero-order valence-electron chi connectivity index (χ0n) is 14.3. The van der Waals surface area contributed by atoms with Gasteiger partial charge in [-0.05, 0) is 35.7 Å². The minimum Gasteiger partial charge on any atom is -0.439 e. The highest BCUT2D eigenvalue weighted by Gasteiger charge is 2.20. The number of fused-ring (bicyclic) bond motifs is 1. The van der Waals surface area contributed by atoms with Crippen molar-refractivity contribution in [2.45, 2.75) is 13.0 Å². The maximum atomic E-state index is 12.6. The summed E-state index contributed by atoms with van der Waals surface area (Å²) in [5, 5.41) is 2.94. The largest absolute Gasteiger partial charge is 0.439 e. The highest BCUT2D eigenvalue weighted by Crippen LogP contribution is 2.23. The van der Waals surface area contributed by atoms with Crippen molar-refractivity contribution in [1.82, 2.24) is 9.88 Å². The molecule has 0 aliphatic carbocycles. The van der Waals surface area contributed by atoms with Crippen LogP contribution in [0.4, 0.5) is 10.5 Å². The van der Waals surface area contributed by atoms with E-state index in [1.165, 1.54) is 11.1 Å². The second kappa shape index (κ2) is 7.27. The van der Waals surface area contributed by atoms with Crippen molar-refractivity contribution in [3.8, 4) is 11.6 Å². The molecule has 1 N–H and O–H groups in total. The summed E-state index contributed by atoms with van der Waals surface area (Å²) in [5.74, 6) is 1.15. The smallest absolute Gasteiger partial charge is 0.322 e. The molecule has 0 unspecified atom stereocenters. The number of pyridine rings is 1. The van der Waals surface area contributed by atoms with E-state index >= 15 is 0 Å². The molecule has 0 bridgehead atoms. The number of nitrogens with one attached hydrogen (secondary N) is 1. The number of rotatable bonds is 3. The van der Waals surface area contributed by atoms with Crippen LogP contribution in [0.15, 0.2) is 72.9 Å². The number of hydrogen-bond donors (Lipinski definition) is 1. The van der Waals surface area contributed by atoms with Gasteiger partial charge in [0.15, 0.2) is 0 Å². The highest BCUT2D eigenvalue weighted by atomic mass is 16.5. The minimum absolute atomic E-state index is 0.114. The van der Waals surface area contributed by atoms with E-state index in [2.05, 4.69) is 22.4 Å². The molecule has 2 aromatic carbocycles. The van der Waals surface area contributed by atoms with Crippen LogP contribution in [0, 0.1) is 0 Å². The predicted molar refractivity (Wildman–Crippen MR) is 100 cm³/mol. The van der Waals surface area contributed by atoms with E-state index in [9.17, 15) is 4.79 Å². The van der Waals surface area contributed by atoms with E-state index in [0.29, 0.717) is 30.4 Å². The Balaban J connectivity index is 1.43. The molecule has 4 rings (SSSR count). The summed E-state index contributed by atoms with van der Waals surface area (Å²) < 4.78 is 5.72. The van der Waals surface area contributed by atoms with Crippen LogP contribution in [-0.4, -0.2) is 22.5 Å². The van der Waals surface area contributed by atoms with Crippen molar-refractivity contribution in [2.75, 3.05) is 11.9 Å². The van der Waals surface area contributed by atoms with E-state index in [1.54, 1.807) is 18.3 Å². The molecule has 0 radical (unpaired) electrons. The van der Waals surface area contributed by atoms with E-state index in [-0.39, 0.29) is 6.03 Å². The number of nitrogens with zero attached hydrogens (tertiary/aromatic N) is 2. The Hall–Kier alpha value is -3.34. The lowest BCUT2D eigenvalue weighted by atomic mass is 10.0. The zero-order valence-corrected chi connectivity index (χ0v) is 14.3. The summed E-state index contributed by atoms with van der Waals surface area (Å²) in [4.78, 5) is 18.6. The fraction of sp³-hybridized carbons (Fsp3) is 0.143. The molecule has 0 fully saturated rings. The fourth-order valence-corrected chi connectivity index (χ4v) is 3.02. The topological polar surface area (TPSA) is 54.5 Å². The van der Waals surface area contributed by atoms with Crippen LogP contribution in [0.3, 0.4) is 0 Å². The van der Waals surface area contributed by atoms with Gasteiger partial charge in [0.05, 0.1) is 0 Å². The van der Waals surface area contributed by atoms with E-state index in [0.717, 1.165) is 6.42 Å². The Morgan fingerprint density at radius 2 is 1.77 bits per heavy atom. The molecule has 2 heterocycles. The number of para-hydroxylation sites is 1. The number of aromatic nitrogens is 1. The summed E-state index contributed by atoms with van der Waals surface area (Å²) in [6, 6.07) is 21.1. The van der Waals surface area contributed by atoms with Crippen LogP contribution in [0.5, 0.6) is 11.6 Å². The molecule has 0 saturated heterocycles. The number of hydrogen-bond acceptors (Lipinski definition) is 3. The molecule has 1 aliphatic rings. The number of anilines is 1. The Morgan fingerprint density at radius 3 is 2.62 bits per heavy atom. The highest BCUT2D eigenvalue weighted by molar-refractivity contribution is 5.89. The number of amides is 2. The van der Waals surface area contributed by atoms with Crippen LogP contribution in [0.1, 0.15) is 11.1 Å². The van der Waals surface area contributed by atoms with E-state index in [4.69, 9.17) is 4.74 Å². The molecule has 1 aromatic heterocycles. The van der Waals surface area contributed by atoms with Gasteiger partial charge in [0, 0.05) is 31.0 Å². The number of benzene rings is 2. The third-order valence-corrected chi connectivity index (χ3v) is 4.37. The van der Waals surface area contributed by atoms with Gasteiger partial charge in [-0.1, -0.05) is 42.5 Å². The number of carbonyl (C=O) groups excluding carboxylic acids is 1. The van der Waals surface area contributed by atoms with Gasteiger partial charge in [-0.3, -0.25) is 0 Å². The standard InChI is InChI=1S/C21H19N3O2/c25-21(24-13-11-16-6-4-5-7-17(16)15-24)23-18-10-12-22-20(14-18)26-19-8-2-1-3-9-19/h1-10,12,14H,11,13,15H2,(H,22,23,25). The van der Waals surface area contributed by atoms with E-state index < -0.39 is 0 Å². The first kappa shape index (κ1) is 16.1. The molecule has 26 heavy (non-hydrogen) atoms. The van der Waals surface area contributed by atoms with E-state index in [1.807, 2.05) is 47.4 Å². The van der Waals surface area contributed by atoms with Gasteiger partial charge in [-0.25, -0.2) is 9.78 Å². The predicted octanol–water partition coefficient (Wildman–Crippen LogP) is 4.46. The van der Waals surface area contributed by atoms with Crippen LogP contribution < -0.4 is 10.1 Å². The van der Waals surface area contributed by atoms with Gasteiger partial charge in [0.1, 0.15) is 5.75 Å². The van der Waals surface area contributed by atoms with Gasteiger partial charge in [-0.15, -0.1) is 0 Å². The number of ether oxygens (including phenoxy) is 1. The van der Waals surface area contributed by atoms with Crippen molar-refractivity contribution in [2.24, 2.45) is 0 Å². The Bertz CT molecular complexity index is 912. The van der Waals surface area contributed by atoms with Gasteiger partial charge >= 0.3 is 6.03 Å². The average molecular weight is 345 g/mol. The maximum Gasteiger partial charge on any atom is 0.322 e. The lowest BCUT2D eigenvalue weighted by molar-refractivity contribution is 0.206. The minimum atomic E-state index is -0.114. The molecule has 130 valence electrons. The van der Waals surface area contributed by atoms with Gasteiger partial charge in [0.2, 0.25) is 5.88 Å². The number of carbonyl (C=O) groups is 1. The zero-order chi connectivity index (χ0) is 17.8. The third kappa shape index (κ3) is 3.67. The average Bonchev–Trinajstić information content (AvgIpc) is 2.68. The molecule has 3 aromatic rings. The normalized spacial score (nSPS) is 13.0. The Morgan fingerprint density at radius 1 is 1.00 bits per heavy atom. The molecule has 2 amide bonds. The lowest BCUT2D eigenvalue weighted by Crippen LogP contribution is -2.38. The summed E-state index contributed by atoms with van der Waals surface area (Å²) in [6.07, 6.45) is 2.50. The van der Waals surface area contributed by atoms with Crippen molar-refractivity contribution in [3.05, 3.63) is 84.1 Å².